The quantitative estimate of drug-likeness (QED) is 0.0680. The first-order valence-corrected chi connectivity index (χ1v) is 22.3. The van der Waals surface area contributed by atoms with Gasteiger partial charge in [-0.25, -0.2) is 9.78 Å². The van der Waals surface area contributed by atoms with Crippen molar-refractivity contribution in [2.45, 2.75) is 190 Å². The normalized spacial score (nSPS) is 39.3. The highest BCUT2D eigenvalue weighted by atomic mass is 17.1. The lowest BCUT2D eigenvalue weighted by Crippen LogP contribution is -2.47. The monoisotopic (exact) mass is 810 g/mol. The van der Waals surface area contributed by atoms with Gasteiger partial charge in [0.2, 0.25) is 5.91 Å². The van der Waals surface area contributed by atoms with Crippen LogP contribution in [0.2, 0.25) is 0 Å². The zero-order valence-corrected chi connectivity index (χ0v) is 33.7. The van der Waals surface area contributed by atoms with Crippen molar-refractivity contribution in [1.29, 1.82) is 0 Å². The van der Waals surface area contributed by atoms with Gasteiger partial charge >= 0.3 is 11.9 Å². The van der Waals surface area contributed by atoms with Crippen molar-refractivity contribution in [3.8, 4) is 0 Å². The highest BCUT2D eigenvalue weighted by Gasteiger charge is 2.41. The summed E-state index contributed by atoms with van der Waals surface area (Å²) in [4.78, 5) is 51.1. The van der Waals surface area contributed by atoms with E-state index >= 15 is 0 Å². The Kier molecular flexibility index (Phi) is 17.7. The Morgan fingerprint density at radius 3 is 1.44 bits per heavy atom. The van der Waals surface area contributed by atoms with Gasteiger partial charge in [0.25, 0.3) is 0 Å². The number of hydrogen-bond donors (Lipinski definition) is 6. The SMILES string of the molecule is O=C(O)C1CCC(COO)C(CONC2CCC(OC3CCC(OC4CCC(OC5CCC(NC(=O)C6CC(COO)CCC6C(=O)O)CC5)CC4)CC3)CC2)C1. The van der Waals surface area contributed by atoms with Gasteiger partial charge < -0.3 is 34.6 Å². The number of carbonyl (C=O) groups excluding carboxylic acids is 1. The van der Waals surface area contributed by atoms with E-state index in [0.717, 1.165) is 103 Å². The lowest BCUT2D eigenvalue weighted by Gasteiger charge is -2.38. The van der Waals surface area contributed by atoms with Gasteiger partial charge in [0, 0.05) is 12.1 Å². The van der Waals surface area contributed by atoms with Crippen molar-refractivity contribution in [1.82, 2.24) is 10.8 Å². The van der Waals surface area contributed by atoms with Crippen molar-refractivity contribution in [3.05, 3.63) is 0 Å². The molecule has 15 heteroatoms. The zero-order valence-electron chi connectivity index (χ0n) is 33.7. The minimum atomic E-state index is -0.931. The Balaban J connectivity index is 0.792. The molecule has 6 rings (SSSR count). The molecule has 6 saturated carbocycles. The van der Waals surface area contributed by atoms with Gasteiger partial charge in [-0.3, -0.25) is 24.9 Å². The summed E-state index contributed by atoms with van der Waals surface area (Å²) in [6, 6.07) is 0.283. The van der Waals surface area contributed by atoms with Gasteiger partial charge in [-0.1, -0.05) is 0 Å². The summed E-state index contributed by atoms with van der Waals surface area (Å²) in [6.07, 6.45) is 20.4. The number of carboxylic acids is 2. The number of aliphatic carboxylic acids is 2. The molecule has 0 heterocycles. The van der Waals surface area contributed by atoms with Crippen LogP contribution >= 0.6 is 0 Å². The Bertz CT molecular complexity index is 1230. The number of rotatable bonds is 18. The number of amides is 1. The molecular formula is C42H70N2O13. The second-order valence-electron chi connectivity index (χ2n) is 18.3. The van der Waals surface area contributed by atoms with Crippen LogP contribution in [0.4, 0.5) is 0 Å². The van der Waals surface area contributed by atoms with Crippen LogP contribution in [-0.4, -0.2) is 107 Å². The molecule has 0 aromatic rings. The molecular weight excluding hydrogens is 740 g/mol. The molecule has 0 spiro atoms. The Labute approximate surface area is 337 Å². The van der Waals surface area contributed by atoms with E-state index in [2.05, 4.69) is 20.6 Å². The molecule has 6 unspecified atom stereocenters. The van der Waals surface area contributed by atoms with Crippen LogP contribution in [0.3, 0.4) is 0 Å². The average Bonchev–Trinajstić information content (AvgIpc) is 3.21. The minimum absolute atomic E-state index is 0.0169. The molecule has 0 radical (unpaired) electrons. The van der Waals surface area contributed by atoms with E-state index in [4.69, 9.17) is 29.6 Å². The molecule has 57 heavy (non-hydrogen) atoms. The molecule has 326 valence electrons. The van der Waals surface area contributed by atoms with E-state index in [1.807, 2.05) is 0 Å². The largest absolute Gasteiger partial charge is 0.481 e. The van der Waals surface area contributed by atoms with E-state index in [0.29, 0.717) is 51.2 Å². The lowest BCUT2D eigenvalue weighted by atomic mass is 9.73. The summed E-state index contributed by atoms with van der Waals surface area (Å²) in [5.74, 6) is -3.44. The molecule has 15 nitrogen and oxygen atoms in total. The fraction of sp³-hybridized carbons (Fsp3) is 0.929. The van der Waals surface area contributed by atoms with E-state index in [1.165, 1.54) is 0 Å². The van der Waals surface area contributed by atoms with Crippen LogP contribution in [-0.2, 0) is 43.2 Å². The summed E-state index contributed by atoms with van der Waals surface area (Å²) in [5.41, 5.74) is 3.23. The first-order valence-electron chi connectivity index (χ1n) is 22.3. The van der Waals surface area contributed by atoms with Gasteiger partial charge in [-0.05, 0) is 159 Å². The predicted molar refractivity (Wildman–Crippen MR) is 206 cm³/mol. The van der Waals surface area contributed by atoms with Crippen molar-refractivity contribution in [2.75, 3.05) is 19.8 Å². The van der Waals surface area contributed by atoms with E-state index in [-0.39, 0.29) is 85.4 Å². The molecule has 0 bridgehead atoms. The van der Waals surface area contributed by atoms with Crippen LogP contribution in [0.15, 0.2) is 0 Å². The third-order valence-corrected chi connectivity index (χ3v) is 14.3. The molecule has 6 fully saturated rings. The number of nitrogens with one attached hydrogen (secondary N) is 2. The predicted octanol–water partition coefficient (Wildman–Crippen LogP) is 6.13. The topological polar surface area (TPSA) is 212 Å². The van der Waals surface area contributed by atoms with E-state index < -0.39 is 23.8 Å². The van der Waals surface area contributed by atoms with Gasteiger partial charge in [0.15, 0.2) is 0 Å². The molecule has 6 N–H and O–H groups in total. The summed E-state index contributed by atoms with van der Waals surface area (Å²) in [6.45, 7) is 0.738. The fourth-order valence-electron chi connectivity index (χ4n) is 10.8. The summed E-state index contributed by atoms with van der Waals surface area (Å²) in [5, 5.41) is 40.1. The fourth-order valence-corrected chi connectivity index (χ4v) is 10.8. The molecule has 0 saturated heterocycles. The maximum Gasteiger partial charge on any atom is 0.307 e. The van der Waals surface area contributed by atoms with Crippen molar-refractivity contribution in [2.24, 2.45) is 35.5 Å². The lowest BCUT2D eigenvalue weighted by molar-refractivity contribution is -0.257. The third-order valence-electron chi connectivity index (χ3n) is 14.3. The second kappa shape index (κ2) is 22.6. The summed E-state index contributed by atoms with van der Waals surface area (Å²) in [7, 11) is 0. The van der Waals surface area contributed by atoms with Gasteiger partial charge in [0.1, 0.15) is 0 Å². The molecule has 0 aliphatic heterocycles. The second-order valence-corrected chi connectivity index (χ2v) is 18.3. The molecule has 6 atom stereocenters. The standard InChI is InChI=1S/C42H70N2O13/c45-40(39-21-26(23-53-50)1-20-38(39)42(48)49)43-30-4-8-32(9-5-30)55-34-12-16-36(17-13-34)57-37-18-14-35(15-19-37)56-33-10-6-31(7-11-33)44-52-24-29-22-27(41(46)47)2-3-28(29)25-54-51/h26-39,44,50-51H,1-25H2,(H,43,45)(H,46,47)(H,48,49). The maximum absolute atomic E-state index is 13.2. The van der Waals surface area contributed by atoms with Gasteiger partial charge in [-0.15, -0.1) is 0 Å². The Hall–Kier alpha value is -1.95. The Morgan fingerprint density at radius 2 is 0.965 bits per heavy atom. The molecule has 6 aliphatic rings. The van der Waals surface area contributed by atoms with Crippen molar-refractivity contribution < 1.29 is 63.9 Å². The first-order chi connectivity index (χ1) is 27.7. The van der Waals surface area contributed by atoms with Crippen LogP contribution in [0.1, 0.15) is 141 Å². The van der Waals surface area contributed by atoms with Crippen LogP contribution in [0.5, 0.6) is 0 Å². The Morgan fingerprint density at radius 1 is 0.474 bits per heavy atom. The first kappa shape index (κ1) is 44.6. The number of hydroxylamine groups is 1. The van der Waals surface area contributed by atoms with E-state index in [1.54, 1.807) is 0 Å². The maximum atomic E-state index is 13.2. The summed E-state index contributed by atoms with van der Waals surface area (Å²) >= 11 is 0. The number of ether oxygens (including phenoxy) is 3. The highest BCUT2D eigenvalue weighted by molar-refractivity contribution is 5.85. The van der Waals surface area contributed by atoms with Crippen molar-refractivity contribution in [3.63, 3.8) is 0 Å². The molecule has 1 amide bonds. The van der Waals surface area contributed by atoms with Crippen LogP contribution in [0.25, 0.3) is 0 Å². The van der Waals surface area contributed by atoms with Crippen LogP contribution < -0.4 is 10.8 Å². The van der Waals surface area contributed by atoms with Gasteiger partial charge in [0.05, 0.1) is 74.2 Å². The number of carboxylic acid groups (broad SMARTS) is 2. The highest BCUT2D eigenvalue weighted by Crippen LogP contribution is 2.37. The molecule has 0 aromatic heterocycles. The number of carbonyl (C=O) groups is 3. The van der Waals surface area contributed by atoms with Crippen molar-refractivity contribution >= 4 is 17.8 Å². The summed E-state index contributed by atoms with van der Waals surface area (Å²) < 4.78 is 19.7. The smallest absolute Gasteiger partial charge is 0.307 e. The minimum Gasteiger partial charge on any atom is -0.481 e. The van der Waals surface area contributed by atoms with Gasteiger partial charge in [-0.2, -0.15) is 5.48 Å². The zero-order chi connectivity index (χ0) is 40.1. The molecule has 6 aliphatic carbocycles. The average molecular weight is 811 g/mol. The third kappa shape index (κ3) is 13.5. The van der Waals surface area contributed by atoms with E-state index in [9.17, 15) is 24.6 Å². The number of hydrogen-bond acceptors (Lipinski definition) is 12. The van der Waals surface area contributed by atoms with Crippen LogP contribution in [0, 0.1) is 35.5 Å². The molecule has 0 aromatic carbocycles.